The Hall–Kier alpha value is -1.91. The van der Waals surface area contributed by atoms with Crippen molar-refractivity contribution < 1.29 is 0 Å². The van der Waals surface area contributed by atoms with Crippen molar-refractivity contribution in [3.05, 3.63) is 90.5 Å². The van der Waals surface area contributed by atoms with Crippen molar-refractivity contribution in [3.63, 3.8) is 0 Å². The topological polar surface area (TPSA) is 0 Å². The Morgan fingerprint density at radius 1 is 0.650 bits per heavy atom. The molecule has 0 aliphatic heterocycles. The van der Waals surface area contributed by atoms with Crippen LogP contribution in [-0.2, 0) is 0 Å². The van der Waals surface area contributed by atoms with Gasteiger partial charge in [0.15, 0.2) is 0 Å². The Balaban J connectivity index is 2.14. The van der Waals surface area contributed by atoms with Crippen LogP contribution >= 0.6 is 7.92 Å². The third kappa shape index (κ3) is 2.81. The lowest BCUT2D eigenvalue weighted by atomic mass is 10.2. The second-order valence-electron chi connectivity index (χ2n) is 4.73. The molecular formula is C19H16P-. The fraction of sp³-hybridized carbons (Fsp3) is 0.0526. The highest BCUT2D eigenvalue weighted by Crippen LogP contribution is 2.32. The lowest BCUT2D eigenvalue weighted by Gasteiger charge is -2.23. The normalized spacial score (nSPS) is 10.7. The molecule has 0 saturated carbocycles. The molecular weight excluding hydrogens is 259 g/mol. The molecule has 0 aliphatic carbocycles. The zero-order valence-corrected chi connectivity index (χ0v) is 12.3. The Bertz CT molecular complexity index is 635. The highest BCUT2D eigenvalue weighted by Gasteiger charge is 2.12. The van der Waals surface area contributed by atoms with E-state index in [1.165, 1.54) is 21.5 Å². The molecule has 0 spiro atoms. The first-order chi connectivity index (χ1) is 9.84. The molecule has 0 fully saturated rings. The van der Waals surface area contributed by atoms with Crippen LogP contribution in [0.2, 0.25) is 0 Å². The fourth-order valence-electron chi connectivity index (χ4n) is 2.28. The van der Waals surface area contributed by atoms with Crippen molar-refractivity contribution in [2.24, 2.45) is 0 Å². The summed E-state index contributed by atoms with van der Waals surface area (Å²) in [6.07, 6.45) is 0. The van der Waals surface area contributed by atoms with Crippen LogP contribution < -0.4 is 15.9 Å². The number of aryl methyl sites for hydroxylation is 1. The van der Waals surface area contributed by atoms with Gasteiger partial charge in [0, 0.05) is 0 Å². The first-order valence-corrected chi connectivity index (χ1v) is 8.08. The third-order valence-corrected chi connectivity index (χ3v) is 5.57. The van der Waals surface area contributed by atoms with Crippen LogP contribution in [0, 0.1) is 13.0 Å². The maximum atomic E-state index is 3.53. The molecule has 3 rings (SSSR count). The number of rotatable bonds is 3. The van der Waals surface area contributed by atoms with E-state index in [1.807, 2.05) is 0 Å². The maximum Gasteiger partial charge on any atom is -0.0171 e. The highest BCUT2D eigenvalue weighted by molar-refractivity contribution is 7.79. The average Bonchev–Trinajstić information content (AvgIpc) is 2.50. The predicted octanol–water partition coefficient (Wildman–Crippen LogP) is 3.55. The van der Waals surface area contributed by atoms with Gasteiger partial charge in [0.05, 0.1) is 0 Å². The van der Waals surface area contributed by atoms with Crippen LogP contribution in [0.4, 0.5) is 0 Å². The number of benzene rings is 3. The summed E-state index contributed by atoms with van der Waals surface area (Å²) in [6, 6.07) is 31.4. The SMILES string of the molecule is Cc1[c-]c(P(c2ccccc2)c2ccccc2)ccc1. The van der Waals surface area contributed by atoms with Gasteiger partial charge in [0.1, 0.15) is 0 Å². The van der Waals surface area contributed by atoms with Crippen molar-refractivity contribution in [3.8, 4) is 0 Å². The van der Waals surface area contributed by atoms with Gasteiger partial charge in [-0.1, -0.05) is 67.6 Å². The Labute approximate surface area is 121 Å². The lowest BCUT2D eigenvalue weighted by Crippen LogP contribution is -2.20. The second-order valence-corrected chi connectivity index (χ2v) is 6.91. The molecule has 0 aliphatic rings. The van der Waals surface area contributed by atoms with E-state index >= 15 is 0 Å². The van der Waals surface area contributed by atoms with Crippen molar-refractivity contribution in [1.29, 1.82) is 0 Å². The molecule has 20 heavy (non-hydrogen) atoms. The number of hydrogen-bond donors (Lipinski definition) is 0. The van der Waals surface area contributed by atoms with Crippen LogP contribution in [0.5, 0.6) is 0 Å². The van der Waals surface area contributed by atoms with Gasteiger partial charge in [0.25, 0.3) is 0 Å². The zero-order chi connectivity index (χ0) is 13.8. The van der Waals surface area contributed by atoms with Crippen LogP contribution in [0.25, 0.3) is 0 Å². The summed E-state index contributed by atoms with van der Waals surface area (Å²) in [5, 5.41) is 4.03. The summed E-state index contributed by atoms with van der Waals surface area (Å²) >= 11 is 0. The maximum absolute atomic E-state index is 3.53. The molecule has 0 bridgehead atoms. The van der Waals surface area contributed by atoms with E-state index in [2.05, 4.69) is 91.9 Å². The number of hydrogen-bond acceptors (Lipinski definition) is 0. The van der Waals surface area contributed by atoms with E-state index < -0.39 is 7.92 Å². The van der Waals surface area contributed by atoms with Gasteiger partial charge < -0.3 is 0 Å². The molecule has 3 aromatic rings. The van der Waals surface area contributed by atoms with Gasteiger partial charge in [-0.05, 0) is 18.5 Å². The summed E-state index contributed by atoms with van der Waals surface area (Å²) < 4.78 is 0. The highest BCUT2D eigenvalue weighted by atomic mass is 31.1. The first-order valence-electron chi connectivity index (χ1n) is 6.74. The molecule has 0 saturated heterocycles. The molecule has 0 amide bonds. The average molecular weight is 275 g/mol. The minimum Gasteiger partial charge on any atom is -0.172 e. The van der Waals surface area contributed by atoms with Crippen molar-refractivity contribution >= 4 is 23.8 Å². The smallest absolute Gasteiger partial charge is 0.0171 e. The van der Waals surface area contributed by atoms with Gasteiger partial charge >= 0.3 is 0 Å². The standard InChI is InChI=1S/C19H16P/c1-16-9-8-14-19(15-16)20(17-10-4-2-5-11-17)18-12-6-3-7-13-18/h2-14H,1H3/q-1. The van der Waals surface area contributed by atoms with E-state index in [4.69, 9.17) is 0 Å². The fourth-order valence-corrected chi connectivity index (χ4v) is 4.60. The molecule has 1 heteroatoms. The second kappa shape index (κ2) is 6.03. The Morgan fingerprint density at radius 3 is 1.70 bits per heavy atom. The van der Waals surface area contributed by atoms with Crippen LogP contribution in [0.15, 0.2) is 78.9 Å². The van der Waals surface area contributed by atoms with Gasteiger partial charge in [-0.3, -0.25) is 0 Å². The van der Waals surface area contributed by atoms with Crippen molar-refractivity contribution in [2.45, 2.75) is 6.92 Å². The van der Waals surface area contributed by atoms with Gasteiger partial charge in [-0.15, -0.1) is 5.30 Å². The van der Waals surface area contributed by atoms with Crippen LogP contribution in [0.1, 0.15) is 5.56 Å². The minimum absolute atomic E-state index is 0.518. The summed E-state index contributed by atoms with van der Waals surface area (Å²) in [6.45, 7) is 2.10. The van der Waals surface area contributed by atoms with Gasteiger partial charge in [-0.2, -0.15) is 29.8 Å². The zero-order valence-electron chi connectivity index (χ0n) is 11.5. The van der Waals surface area contributed by atoms with Crippen molar-refractivity contribution in [1.82, 2.24) is 0 Å². The van der Waals surface area contributed by atoms with Gasteiger partial charge in [0.2, 0.25) is 0 Å². The summed E-state index contributed by atoms with van der Waals surface area (Å²) in [4.78, 5) is 0. The molecule has 0 radical (unpaired) electrons. The van der Waals surface area contributed by atoms with E-state index in [1.54, 1.807) is 0 Å². The van der Waals surface area contributed by atoms with E-state index in [-0.39, 0.29) is 0 Å². The Morgan fingerprint density at radius 2 is 1.20 bits per heavy atom. The van der Waals surface area contributed by atoms with Gasteiger partial charge in [-0.25, -0.2) is 0 Å². The molecule has 98 valence electrons. The molecule has 0 atom stereocenters. The largest absolute Gasteiger partial charge is 0.172 e. The van der Waals surface area contributed by atoms with E-state index in [9.17, 15) is 0 Å². The third-order valence-electron chi connectivity index (χ3n) is 3.20. The van der Waals surface area contributed by atoms with Crippen LogP contribution in [0.3, 0.4) is 0 Å². The quantitative estimate of drug-likeness (QED) is 0.506. The molecule has 0 heterocycles. The van der Waals surface area contributed by atoms with E-state index in [0.29, 0.717) is 0 Å². The predicted molar refractivity (Wildman–Crippen MR) is 88.7 cm³/mol. The molecule has 0 unspecified atom stereocenters. The summed E-state index contributed by atoms with van der Waals surface area (Å²) in [5.41, 5.74) is 1.20. The molecule has 0 nitrogen and oxygen atoms in total. The molecule has 0 N–H and O–H groups in total. The monoisotopic (exact) mass is 275 g/mol. The lowest BCUT2D eigenvalue weighted by molar-refractivity contribution is 1.48. The first kappa shape index (κ1) is 13.1. The van der Waals surface area contributed by atoms with E-state index in [0.717, 1.165) is 0 Å². The molecule has 0 aromatic heterocycles. The Kier molecular flexibility index (Phi) is 3.95. The summed E-state index contributed by atoms with van der Waals surface area (Å²) in [7, 11) is -0.518. The minimum atomic E-state index is -0.518. The van der Waals surface area contributed by atoms with Crippen LogP contribution in [-0.4, -0.2) is 0 Å². The summed E-state index contributed by atoms with van der Waals surface area (Å²) in [5.74, 6) is 0. The van der Waals surface area contributed by atoms with Crippen molar-refractivity contribution in [2.75, 3.05) is 0 Å². The molecule has 3 aromatic carbocycles.